The smallest absolute Gasteiger partial charge is 0.380 e. The first kappa shape index (κ1) is 17.0. The van der Waals surface area contributed by atoms with Crippen molar-refractivity contribution < 1.29 is 25.8 Å². The van der Waals surface area contributed by atoms with Gasteiger partial charge in [-0.25, -0.2) is 0 Å². The molecule has 6 nitrogen and oxygen atoms in total. The molecule has 25 heavy (non-hydrogen) atoms. The molecule has 0 fully saturated rings. The Hall–Kier alpha value is -2.80. The van der Waals surface area contributed by atoms with E-state index in [9.17, 15) is 21.6 Å². The van der Waals surface area contributed by atoms with Crippen LogP contribution in [0, 0.1) is 11.3 Å². The molecule has 1 aliphatic carbocycles. The van der Waals surface area contributed by atoms with Gasteiger partial charge in [-0.3, -0.25) is 4.68 Å². The molecule has 1 aliphatic rings. The van der Waals surface area contributed by atoms with Crippen molar-refractivity contribution in [2.24, 2.45) is 0 Å². The Labute approximate surface area is 140 Å². The van der Waals surface area contributed by atoms with Crippen molar-refractivity contribution in [3.05, 3.63) is 58.6 Å². The number of alkyl halides is 3. The van der Waals surface area contributed by atoms with Crippen molar-refractivity contribution in [1.29, 1.82) is 5.26 Å². The van der Waals surface area contributed by atoms with E-state index < -0.39 is 21.4 Å². The second kappa shape index (κ2) is 5.93. The Balaban J connectivity index is 1.89. The Bertz CT molecular complexity index is 987. The second-order valence-corrected chi connectivity index (χ2v) is 6.77. The summed E-state index contributed by atoms with van der Waals surface area (Å²) in [5.41, 5.74) is -3.96. The number of aromatic nitrogens is 2. The summed E-state index contributed by atoms with van der Waals surface area (Å²) in [6.07, 6.45) is 0.901. The molecule has 0 atom stereocenters. The third-order valence-electron chi connectivity index (χ3n) is 3.53. The van der Waals surface area contributed by atoms with Crippen LogP contribution < -0.4 is 0 Å². The van der Waals surface area contributed by atoms with Crippen molar-refractivity contribution in [2.75, 3.05) is 0 Å². The molecule has 3 rings (SSSR count). The Kier molecular flexibility index (Phi) is 4.04. The van der Waals surface area contributed by atoms with Crippen LogP contribution in [0.15, 0.2) is 36.1 Å². The zero-order valence-electron chi connectivity index (χ0n) is 12.5. The van der Waals surface area contributed by atoms with Gasteiger partial charge in [0.05, 0.1) is 12.2 Å². The van der Waals surface area contributed by atoms with Gasteiger partial charge in [0.15, 0.2) is 5.69 Å². The summed E-state index contributed by atoms with van der Waals surface area (Å²) < 4.78 is 65.2. The number of rotatable bonds is 4. The summed E-state index contributed by atoms with van der Waals surface area (Å²) in [7, 11) is -5.75. The van der Waals surface area contributed by atoms with Gasteiger partial charge in [-0.05, 0) is 11.6 Å². The molecule has 130 valence electrons. The molecule has 1 heterocycles. The Morgan fingerprint density at radius 3 is 2.56 bits per heavy atom. The van der Waals surface area contributed by atoms with Crippen molar-refractivity contribution in [2.45, 2.75) is 18.5 Å². The van der Waals surface area contributed by atoms with E-state index in [-0.39, 0.29) is 24.2 Å². The molecule has 0 aliphatic heterocycles. The first-order chi connectivity index (χ1) is 11.7. The molecule has 0 saturated heterocycles. The number of nitriles is 1. The molecule has 10 heteroatoms. The maximum Gasteiger partial charge on any atom is 0.534 e. The minimum absolute atomic E-state index is 0.00561. The molecule has 0 saturated carbocycles. The number of benzene rings is 1. The molecule has 0 radical (unpaired) electrons. The lowest BCUT2D eigenvalue weighted by Gasteiger charge is -2.11. The van der Waals surface area contributed by atoms with Crippen LogP contribution in [0.1, 0.15) is 22.5 Å². The van der Waals surface area contributed by atoms with E-state index >= 15 is 0 Å². The van der Waals surface area contributed by atoms with Crippen LogP contribution in [0.2, 0.25) is 0 Å². The molecule has 0 spiro atoms. The van der Waals surface area contributed by atoms with Crippen LogP contribution >= 0.6 is 0 Å². The van der Waals surface area contributed by atoms with Crippen LogP contribution in [0.3, 0.4) is 0 Å². The molecular weight excluding hydrogens is 359 g/mol. The highest BCUT2D eigenvalue weighted by Gasteiger charge is 2.49. The van der Waals surface area contributed by atoms with Gasteiger partial charge in [-0.2, -0.15) is 31.9 Å². The van der Waals surface area contributed by atoms with Gasteiger partial charge in [0, 0.05) is 12.0 Å². The maximum absolute atomic E-state index is 12.4. The summed E-state index contributed by atoms with van der Waals surface area (Å²) in [6, 6.07) is 10.9. The van der Waals surface area contributed by atoms with Crippen LogP contribution in [-0.4, -0.2) is 23.7 Å². The molecule has 0 amide bonds. The fourth-order valence-electron chi connectivity index (χ4n) is 2.44. The zero-order valence-corrected chi connectivity index (χ0v) is 13.3. The lowest BCUT2D eigenvalue weighted by molar-refractivity contribution is -0.0522. The number of nitrogens with zero attached hydrogens (tertiary/aromatic N) is 3. The van der Waals surface area contributed by atoms with Crippen molar-refractivity contribution in [1.82, 2.24) is 9.78 Å². The summed E-state index contributed by atoms with van der Waals surface area (Å²) in [4.78, 5) is 0. The van der Waals surface area contributed by atoms with Crippen molar-refractivity contribution in [3.8, 4) is 6.07 Å². The molecule has 1 aromatic carbocycles. The summed E-state index contributed by atoms with van der Waals surface area (Å²) in [6.45, 7) is 0.290. The van der Waals surface area contributed by atoms with Gasteiger partial charge < -0.3 is 4.18 Å². The standard InChI is InChI=1S/C15H10F3N3O3S/c16-15(17,18)25(22,23)24-11-6-12-13(8-19)20-21(14(12)7-11)9-10-4-2-1-3-5-10/h1-6H,7,9H2. The van der Waals surface area contributed by atoms with Crippen LogP contribution in [-0.2, 0) is 27.3 Å². The minimum atomic E-state index is -5.75. The zero-order chi connectivity index (χ0) is 18.2. The van der Waals surface area contributed by atoms with Gasteiger partial charge in [0.1, 0.15) is 11.8 Å². The third-order valence-corrected chi connectivity index (χ3v) is 4.53. The average molecular weight is 369 g/mol. The second-order valence-electron chi connectivity index (χ2n) is 5.23. The Morgan fingerprint density at radius 2 is 1.96 bits per heavy atom. The van der Waals surface area contributed by atoms with Gasteiger partial charge in [0.2, 0.25) is 0 Å². The molecule has 1 aromatic heterocycles. The number of hydrogen-bond donors (Lipinski definition) is 0. The van der Waals surface area contributed by atoms with Gasteiger partial charge in [-0.1, -0.05) is 30.3 Å². The summed E-state index contributed by atoms with van der Waals surface area (Å²) in [5, 5.41) is 13.2. The van der Waals surface area contributed by atoms with E-state index in [0.29, 0.717) is 5.69 Å². The van der Waals surface area contributed by atoms with Gasteiger partial charge in [-0.15, -0.1) is 0 Å². The first-order valence-electron chi connectivity index (χ1n) is 6.96. The highest BCUT2D eigenvalue weighted by molar-refractivity contribution is 7.87. The number of fused-ring (bicyclic) bond motifs is 1. The van der Waals surface area contributed by atoms with E-state index in [0.717, 1.165) is 11.6 Å². The maximum atomic E-state index is 12.4. The predicted octanol–water partition coefficient (Wildman–Crippen LogP) is 2.57. The minimum Gasteiger partial charge on any atom is -0.380 e. The van der Waals surface area contributed by atoms with E-state index in [2.05, 4.69) is 9.28 Å². The lowest BCUT2D eigenvalue weighted by atomic mass is 10.2. The highest BCUT2D eigenvalue weighted by atomic mass is 32.2. The highest BCUT2D eigenvalue weighted by Crippen LogP contribution is 2.33. The van der Waals surface area contributed by atoms with Gasteiger partial charge in [0.25, 0.3) is 0 Å². The fraction of sp³-hybridized carbons (Fsp3) is 0.200. The fourth-order valence-corrected chi connectivity index (χ4v) is 2.92. The summed E-state index contributed by atoms with van der Waals surface area (Å²) in [5.74, 6) is -0.400. The van der Waals surface area contributed by atoms with Crippen LogP contribution in [0.5, 0.6) is 0 Å². The van der Waals surface area contributed by atoms with E-state index in [4.69, 9.17) is 5.26 Å². The number of allylic oxidation sites excluding steroid dienone is 1. The third kappa shape index (κ3) is 3.23. The topological polar surface area (TPSA) is 85.0 Å². The molecule has 2 aromatic rings. The van der Waals surface area contributed by atoms with Gasteiger partial charge >= 0.3 is 15.6 Å². The number of hydrogen-bond acceptors (Lipinski definition) is 5. The van der Waals surface area contributed by atoms with Crippen molar-refractivity contribution >= 4 is 16.2 Å². The lowest BCUT2D eigenvalue weighted by Crippen LogP contribution is -2.25. The monoisotopic (exact) mass is 369 g/mol. The van der Waals surface area contributed by atoms with E-state index in [1.807, 2.05) is 36.4 Å². The molecule has 0 N–H and O–H groups in total. The largest absolute Gasteiger partial charge is 0.534 e. The molecule has 0 unspecified atom stereocenters. The van der Waals surface area contributed by atoms with Crippen LogP contribution in [0.25, 0.3) is 6.08 Å². The van der Waals surface area contributed by atoms with Crippen molar-refractivity contribution in [3.63, 3.8) is 0 Å². The van der Waals surface area contributed by atoms with E-state index in [1.54, 1.807) is 0 Å². The molecular formula is C15H10F3N3O3S. The predicted molar refractivity (Wildman–Crippen MR) is 80.2 cm³/mol. The normalized spacial score (nSPS) is 13.9. The van der Waals surface area contributed by atoms with E-state index in [1.165, 1.54) is 4.68 Å². The molecule has 0 bridgehead atoms. The average Bonchev–Trinajstić information content (AvgIpc) is 3.06. The SMILES string of the molecule is N#Cc1nn(Cc2ccccc2)c2c1C=C(OS(=O)(=O)C(F)(F)F)C2. The quantitative estimate of drug-likeness (QED) is 0.611. The summed E-state index contributed by atoms with van der Waals surface area (Å²) >= 11 is 0. The Morgan fingerprint density at radius 1 is 1.28 bits per heavy atom. The van der Waals surface area contributed by atoms with Crippen LogP contribution in [0.4, 0.5) is 13.2 Å². The first-order valence-corrected chi connectivity index (χ1v) is 8.37. The number of halogens is 3.